The number of amides is 1. The van der Waals surface area contributed by atoms with Gasteiger partial charge >= 0.3 is 0 Å². The Morgan fingerprint density at radius 1 is 1.21 bits per heavy atom. The van der Waals surface area contributed by atoms with Crippen molar-refractivity contribution in [1.82, 2.24) is 9.36 Å². The van der Waals surface area contributed by atoms with Crippen molar-refractivity contribution in [2.24, 2.45) is 5.92 Å². The van der Waals surface area contributed by atoms with E-state index in [0.29, 0.717) is 23.7 Å². The maximum absolute atomic E-state index is 13.0. The number of carbonyl (C=O) groups is 1. The van der Waals surface area contributed by atoms with Crippen LogP contribution in [0.3, 0.4) is 0 Å². The molecule has 1 atom stereocenters. The average Bonchev–Trinajstić information content (AvgIpc) is 3.20. The Hall–Kier alpha value is -2.51. The molecule has 1 N–H and O–H groups in total. The molecule has 0 bridgehead atoms. The second-order valence-electron chi connectivity index (χ2n) is 7.08. The second kappa shape index (κ2) is 8.88. The van der Waals surface area contributed by atoms with E-state index < -0.39 is 0 Å². The first-order chi connectivity index (χ1) is 14.1. The van der Waals surface area contributed by atoms with E-state index in [1.54, 1.807) is 12.1 Å². The Bertz CT molecular complexity index is 977. The zero-order chi connectivity index (χ0) is 20.2. The first kappa shape index (κ1) is 19.8. The van der Waals surface area contributed by atoms with Gasteiger partial charge in [-0.1, -0.05) is 23.7 Å². The molecular weight excluding hydrogens is 411 g/mol. The van der Waals surface area contributed by atoms with Crippen LogP contribution in [-0.2, 0) is 11.2 Å². The molecule has 2 aromatic carbocycles. The molecular formula is C21H20ClFN4OS. The Balaban J connectivity index is 1.38. The zero-order valence-corrected chi connectivity index (χ0v) is 17.2. The third kappa shape index (κ3) is 5.10. The molecule has 1 saturated heterocycles. The number of piperidine rings is 1. The van der Waals surface area contributed by atoms with Crippen LogP contribution < -0.4 is 10.2 Å². The molecule has 1 aliphatic heterocycles. The van der Waals surface area contributed by atoms with Gasteiger partial charge in [0.2, 0.25) is 11.0 Å². The predicted molar refractivity (Wildman–Crippen MR) is 114 cm³/mol. The summed E-state index contributed by atoms with van der Waals surface area (Å²) in [7, 11) is 0. The van der Waals surface area contributed by atoms with Crippen LogP contribution in [0.1, 0.15) is 24.2 Å². The molecule has 1 aromatic heterocycles. The van der Waals surface area contributed by atoms with Crippen LogP contribution in [0.2, 0.25) is 5.02 Å². The summed E-state index contributed by atoms with van der Waals surface area (Å²) in [5.74, 6) is 0.257. The van der Waals surface area contributed by atoms with E-state index in [9.17, 15) is 9.18 Å². The van der Waals surface area contributed by atoms with Gasteiger partial charge in [0.05, 0.1) is 5.92 Å². The lowest BCUT2D eigenvalue weighted by Gasteiger charge is -2.31. The monoisotopic (exact) mass is 430 g/mol. The number of aromatic nitrogens is 2. The third-order valence-electron chi connectivity index (χ3n) is 4.91. The van der Waals surface area contributed by atoms with Crippen molar-refractivity contribution < 1.29 is 9.18 Å². The summed E-state index contributed by atoms with van der Waals surface area (Å²) in [6, 6.07) is 13.5. The number of anilines is 2. The smallest absolute Gasteiger partial charge is 0.229 e. The van der Waals surface area contributed by atoms with Crippen LogP contribution in [0.4, 0.5) is 15.2 Å². The van der Waals surface area contributed by atoms with E-state index in [0.717, 1.165) is 35.9 Å². The van der Waals surface area contributed by atoms with Crippen LogP contribution in [0.15, 0.2) is 48.5 Å². The Labute approximate surface area is 177 Å². The number of hydrogen-bond donors (Lipinski definition) is 1. The van der Waals surface area contributed by atoms with Crippen LogP contribution in [0.5, 0.6) is 0 Å². The van der Waals surface area contributed by atoms with Crippen molar-refractivity contribution in [2.75, 3.05) is 23.3 Å². The third-order valence-corrected chi connectivity index (χ3v) is 5.97. The summed E-state index contributed by atoms with van der Waals surface area (Å²) in [6.07, 6.45) is 2.38. The molecule has 3 aromatic rings. The largest absolute Gasteiger partial charge is 0.346 e. The van der Waals surface area contributed by atoms with E-state index >= 15 is 0 Å². The lowest BCUT2D eigenvalue weighted by molar-refractivity contribution is -0.120. The Kier molecular flexibility index (Phi) is 6.06. The van der Waals surface area contributed by atoms with Crippen molar-refractivity contribution >= 4 is 39.9 Å². The minimum Gasteiger partial charge on any atom is -0.346 e. The fourth-order valence-electron chi connectivity index (χ4n) is 3.37. The summed E-state index contributed by atoms with van der Waals surface area (Å²) < 4.78 is 17.5. The highest BCUT2D eigenvalue weighted by Gasteiger charge is 2.27. The van der Waals surface area contributed by atoms with Gasteiger partial charge in [-0.3, -0.25) is 4.79 Å². The van der Waals surface area contributed by atoms with Crippen molar-refractivity contribution in [3.05, 3.63) is 70.8 Å². The quantitative estimate of drug-likeness (QED) is 0.633. The van der Waals surface area contributed by atoms with Crippen molar-refractivity contribution in [3.8, 4) is 0 Å². The summed E-state index contributed by atoms with van der Waals surface area (Å²) in [4.78, 5) is 19.4. The van der Waals surface area contributed by atoms with Crippen molar-refractivity contribution in [1.29, 1.82) is 0 Å². The molecule has 29 heavy (non-hydrogen) atoms. The second-order valence-corrected chi connectivity index (χ2v) is 8.24. The molecule has 0 radical (unpaired) electrons. The zero-order valence-electron chi connectivity index (χ0n) is 15.6. The van der Waals surface area contributed by atoms with Gasteiger partial charge in [-0.25, -0.2) is 9.37 Å². The van der Waals surface area contributed by atoms with Gasteiger partial charge in [0, 0.05) is 41.8 Å². The molecule has 1 amide bonds. The minimum atomic E-state index is -0.322. The summed E-state index contributed by atoms with van der Waals surface area (Å²) in [5.41, 5.74) is 1.71. The number of hydrogen-bond acceptors (Lipinski definition) is 5. The molecule has 0 aliphatic carbocycles. The number of halogens is 2. The van der Waals surface area contributed by atoms with E-state index in [1.165, 1.54) is 23.7 Å². The molecule has 5 nitrogen and oxygen atoms in total. The number of carbonyl (C=O) groups excluding carboxylic acids is 1. The van der Waals surface area contributed by atoms with Crippen LogP contribution in [0.25, 0.3) is 0 Å². The van der Waals surface area contributed by atoms with E-state index in [1.807, 2.05) is 24.3 Å². The molecule has 2 heterocycles. The first-order valence-corrected chi connectivity index (χ1v) is 10.6. The molecule has 0 spiro atoms. The normalized spacial score (nSPS) is 16.6. The van der Waals surface area contributed by atoms with Crippen molar-refractivity contribution in [2.45, 2.75) is 19.3 Å². The number of benzene rings is 2. The molecule has 150 valence electrons. The molecule has 1 fully saturated rings. The SMILES string of the molecule is O=C(Nc1ccc(F)cc1)C1CCCN(c2nc(Cc3ccc(Cl)cc3)ns2)C1. The molecule has 0 saturated carbocycles. The van der Waals surface area contributed by atoms with E-state index in [-0.39, 0.29) is 17.6 Å². The molecule has 8 heteroatoms. The molecule has 1 aliphatic rings. The van der Waals surface area contributed by atoms with Crippen molar-refractivity contribution in [3.63, 3.8) is 0 Å². The highest BCUT2D eigenvalue weighted by molar-refractivity contribution is 7.09. The predicted octanol–water partition coefficient (Wildman–Crippen LogP) is 4.78. The number of rotatable bonds is 5. The highest BCUT2D eigenvalue weighted by Crippen LogP contribution is 2.26. The van der Waals surface area contributed by atoms with Gasteiger partial charge in [-0.2, -0.15) is 4.37 Å². The van der Waals surface area contributed by atoms with Crippen LogP contribution in [0, 0.1) is 11.7 Å². The maximum Gasteiger partial charge on any atom is 0.229 e. The first-order valence-electron chi connectivity index (χ1n) is 9.45. The number of nitrogens with one attached hydrogen (secondary N) is 1. The summed E-state index contributed by atoms with van der Waals surface area (Å²) in [5, 5.41) is 4.43. The van der Waals surface area contributed by atoms with Gasteiger partial charge in [-0.15, -0.1) is 0 Å². The van der Waals surface area contributed by atoms with Gasteiger partial charge < -0.3 is 10.2 Å². The summed E-state index contributed by atoms with van der Waals surface area (Å²) >= 11 is 7.30. The van der Waals surface area contributed by atoms with Crippen LogP contribution >= 0.6 is 23.1 Å². The van der Waals surface area contributed by atoms with Gasteiger partial charge in [0.25, 0.3) is 0 Å². The van der Waals surface area contributed by atoms with Gasteiger partial charge in [0.15, 0.2) is 0 Å². The number of nitrogens with zero attached hydrogens (tertiary/aromatic N) is 3. The lowest BCUT2D eigenvalue weighted by Crippen LogP contribution is -2.40. The summed E-state index contributed by atoms with van der Waals surface area (Å²) in [6.45, 7) is 1.46. The minimum absolute atomic E-state index is 0.0489. The van der Waals surface area contributed by atoms with Gasteiger partial charge in [-0.05, 0) is 54.8 Å². The Morgan fingerprint density at radius 3 is 2.72 bits per heavy atom. The fraction of sp³-hybridized carbons (Fsp3) is 0.286. The molecule has 1 unspecified atom stereocenters. The average molecular weight is 431 g/mol. The standard InChI is InChI=1S/C21H20ClFN4OS/c22-16-5-3-14(4-6-16)12-19-25-21(29-26-19)27-11-1-2-15(13-27)20(28)24-18-9-7-17(23)8-10-18/h3-10,15H,1-2,11-13H2,(H,24,28). The topological polar surface area (TPSA) is 58.1 Å². The fourth-order valence-corrected chi connectivity index (χ4v) is 4.22. The highest BCUT2D eigenvalue weighted by atomic mass is 35.5. The maximum atomic E-state index is 13.0. The molecule has 4 rings (SSSR count). The lowest BCUT2D eigenvalue weighted by atomic mass is 9.97. The van der Waals surface area contributed by atoms with E-state index in [4.69, 9.17) is 11.6 Å². The van der Waals surface area contributed by atoms with Crippen LogP contribution in [-0.4, -0.2) is 28.4 Å². The van der Waals surface area contributed by atoms with E-state index in [2.05, 4.69) is 19.6 Å². The Morgan fingerprint density at radius 2 is 1.97 bits per heavy atom. The van der Waals surface area contributed by atoms with Gasteiger partial charge in [0.1, 0.15) is 11.6 Å².